The van der Waals surface area contributed by atoms with Gasteiger partial charge in [0.15, 0.2) is 0 Å². The van der Waals surface area contributed by atoms with E-state index in [-0.39, 0.29) is 24.5 Å². The average Bonchev–Trinajstić information content (AvgIpc) is 2.69. The number of amides is 1. The molecule has 18 heavy (non-hydrogen) atoms. The first kappa shape index (κ1) is 15.2. The van der Waals surface area contributed by atoms with E-state index in [1.165, 1.54) is 0 Å². The number of nitrogens with zero attached hydrogens (tertiary/aromatic N) is 1. The molecule has 1 atom stereocenters. The zero-order valence-electron chi connectivity index (χ0n) is 11.1. The van der Waals surface area contributed by atoms with Gasteiger partial charge in [-0.3, -0.25) is 4.79 Å². The lowest BCUT2D eigenvalue weighted by molar-refractivity contribution is 0.0934. The lowest BCUT2D eigenvalue weighted by atomic mass is 10.1. The average molecular weight is 317 g/mol. The summed E-state index contributed by atoms with van der Waals surface area (Å²) in [5, 5.41) is 11.7. The summed E-state index contributed by atoms with van der Waals surface area (Å²) in [6.07, 6.45) is 2.62. The number of hydrogen-bond donors (Lipinski definition) is 2. The third-order valence-electron chi connectivity index (χ3n) is 2.84. The molecule has 1 unspecified atom stereocenters. The fraction of sp³-hybridized carbons (Fsp3) is 0.615. The van der Waals surface area contributed by atoms with Crippen molar-refractivity contribution >= 4 is 21.8 Å². The molecular formula is C13H21BrN2O2. The number of carbonyl (C=O) groups is 1. The molecule has 0 fully saturated rings. The number of halogens is 1. The SMILES string of the molecule is CC(CCO)CNC(=O)c1cc(Br)cn1C(C)C. The van der Waals surface area contributed by atoms with Gasteiger partial charge in [-0.2, -0.15) is 0 Å². The van der Waals surface area contributed by atoms with Gasteiger partial charge in [-0.25, -0.2) is 0 Å². The van der Waals surface area contributed by atoms with E-state index in [0.717, 1.165) is 4.47 Å². The highest BCUT2D eigenvalue weighted by Gasteiger charge is 2.15. The number of hydrogen-bond acceptors (Lipinski definition) is 2. The normalized spacial score (nSPS) is 12.8. The van der Waals surface area contributed by atoms with Crippen molar-refractivity contribution in [2.45, 2.75) is 33.2 Å². The van der Waals surface area contributed by atoms with Gasteiger partial charge in [0.25, 0.3) is 5.91 Å². The van der Waals surface area contributed by atoms with Crippen LogP contribution in [-0.4, -0.2) is 28.7 Å². The van der Waals surface area contributed by atoms with E-state index in [1.807, 2.05) is 37.6 Å². The van der Waals surface area contributed by atoms with Crippen molar-refractivity contribution in [2.75, 3.05) is 13.2 Å². The summed E-state index contributed by atoms with van der Waals surface area (Å²) >= 11 is 3.39. The number of rotatable bonds is 6. The molecular weight excluding hydrogens is 296 g/mol. The van der Waals surface area contributed by atoms with E-state index in [4.69, 9.17) is 5.11 Å². The van der Waals surface area contributed by atoms with Crippen molar-refractivity contribution in [1.29, 1.82) is 0 Å². The predicted octanol–water partition coefficient (Wildman–Crippen LogP) is 2.58. The van der Waals surface area contributed by atoms with Gasteiger partial charge in [-0.15, -0.1) is 0 Å². The Hall–Kier alpha value is -0.810. The molecule has 1 aromatic rings. The topological polar surface area (TPSA) is 54.3 Å². The highest BCUT2D eigenvalue weighted by Crippen LogP contribution is 2.19. The summed E-state index contributed by atoms with van der Waals surface area (Å²) in [5.74, 6) is 0.212. The lowest BCUT2D eigenvalue weighted by Crippen LogP contribution is -2.30. The maximum absolute atomic E-state index is 12.1. The third kappa shape index (κ3) is 4.14. The molecule has 1 rings (SSSR count). The van der Waals surface area contributed by atoms with Gasteiger partial charge >= 0.3 is 0 Å². The van der Waals surface area contributed by atoms with Crippen molar-refractivity contribution in [2.24, 2.45) is 5.92 Å². The smallest absolute Gasteiger partial charge is 0.267 e. The minimum absolute atomic E-state index is 0.0702. The molecule has 0 radical (unpaired) electrons. The molecule has 4 nitrogen and oxygen atoms in total. The summed E-state index contributed by atoms with van der Waals surface area (Å²) in [5.41, 5.74) is 0.660. The van der Waals surface area contributed by atoms with Crippen LogP contribution >= 0.6 is 15.9 Å². The first-order chi connectivity index (χ1) is 8.45. The van der Waals surface area contributed by atoms with Crippen molar-refractivity contribution in [1.82, 2.24) is 9.88 Å². The quantitative estimate of drug-likeness (QED) is 0.847. The number of nitrogens with one attached hydrogen (secondary N) is 1. The first-order valence-electron chi connectivity index (χ1n) is 6.22. The Morgan fingerprint density at radius 1 is 1.50 bits per heavy atom. The van der Waals surface area contributed by atoms with Crippen LogP contribution in [0.1, 0.15) is 43.7 Å². The fourth-order valence-corrected chi connectivity index (χ4v) is 2.17. The van der Waals surface area contributed by atoms with E-state index >= 15 is 0 Å². The summed E-state index contributed by atoms with van der Waals surface area (Å²) in [6, 6.07) is 2.07. The fourth-order valence-electron chi connectivity index (χ4n) is 1.73. The van der Waals surface area contributed by atoms with Crippen LogP contribution in [0.25, 0.3) is 0 Å². The molecule has 102 valence electrons. The Morgan fingerprint density at radius 3 is 2.72 bits per heavy atom. The van der Waals surface area contributed by atoms with Gasteiger partial charge in [-0.05, 0) is 48.2 Å². The molecule has 0 aliphatic carbocycles. The van der Waals surface area contributed by atoms with Gasteiger partial charge < -0.3 is 15.0 Å². The van der Waals surface area contributed by atoms with Gasteiger partial charge in [-0.1, -0.05) is 6.92 Å². The predicted molar refractivity (Wildman–Crippen MR) is 75.7 cm³/mol. The second-order valence-electron chi connectivity index (χ2n) is 4.87. The highest BCUT2D eigenvalue weighted by atomic mass is 79.9. The summed E-state index contributed by atoms with van der Waals surface area (Å²) in [7, 11) is 0. The van der Waals surface area contributed by atoms with Gasteiger partial charge in [0.2, 0.25) is 0 Å². The molecule has 0 aromatic carbocycles. The van der Waals surface area contributed by atoms with Gasteiger partial charge in [0.05, 0.1) is 0 Å². The number of aliphatic hydroxyl groups excluding tert-OH is 1. The summed E-state index contributed by atoms with van der Waals surface area (Å²) in [4.78, 5) is 12.1. The van der Waals surface area contributed by atoms with E-state index in [2.05, 4.69) is 21.2 Å². The van der Waals surface area contributed by atoms with Crippen molar-refractivity contribution in [3.05, 3.63) is 22.4 Å². The molecule has 1 amide bonds. The van der Waals surface area contributed by atoms with Crippen LogP contribution in [0.15, 0.2) is 16.7 Å². The lowest BCUT2D eigenvalue weighted by Gasteiger charge is -2.14. The molecule has 1 heterocycles. The molecule has 0 saturated heterocycles. The maximum atomic E-state index is 12.1. The summed E-state index contributed by atoms with van der Waals surface area (Å²) in [6.45, 7) is 6.83. The number of aromatic nitrogens is 1. The van der Waals surface area contributed by atoms with E-state index in [0.29, 0.717) is 18.7 Å². The highest BCUT2D eigenvalue weighted by molar-refractivity contribution is 9.10. The number of aliphatic hydroxyl groups is 1. The zero-order chi connectivity index (χ0) is 13.7. The molecule has 0 bridgehead atoms. The molecule has 0 aliphatic rings. The standard InChI is InChI=1S/C13H21BrN2O2/c1-9(2)16-8-11(14)6-12(16)13(18)15-7-10(3)4-5-17/h6,8-10,17H,4-5,7H2,1-3H3,(H,15,18). The van der Waals surface area contributed by atoms with Crippen LogP contribution in [0.2, 0.25) is 0 Å². The van der Waals surface area contributed by atoms with Gasteiger partial charge in [0.1, 0.15) is 5.69 Å². The van der Waals surface area contributed by atoms with E-state index in [9.17, 15) is 4.79 Å². The Labute approximate surface area is 117 Å². The van der Waals surface area contributed by atoms with Crippen molar-refractivity contribution < 1.29 is 9.90 Å². The second kappa shape index (κ2) is 6.95. The Bertz CT molecular complexity index is 402. The van der Waals surface area contributed by atoms with Crippen LogP contribution in [0.5, 0.6) is 0 Å². The van der Waals surface area contributed by atoms with E-state index < -0.39 is 0 Å². The Balaban J connectivity index is 2.66. The molecule has 0 saturated carbocycles. The molecule has 0 aliphatic heterocycles. The van der Waals surface area contributed by atoms with Crippen LogP contribution in [0.3, 0.4) is 0 Å². The Kier molecular flexibility index (Phi) is 5.88. The second-order valence-corrected chi connectivity index (χ2v) is 5.79. The van der Waals surface area contributed by atoms with Gasteiger partial charge in [0, 0.05) is 29.9 Å². The maximum Gasteiger partial charge on any atom is 0.267 e. The minimum atomic E-state index is -0.0702. The zero-order valence-corrected chi connectivity index (χ0v) is 12.7. The largest absolute Gasteiger partial charge is 0.396 e. The molecule has 1 aromatic heterocycles. The molecule has 2 N–H and O–H groups in total. The van der Waals surface area contributed by atoms with Crippen LogP contribution < -0.4 is 5.32 Å². The third-order valence-corrected chi connectivity index (χ3v) is 3.27. The van der Waals surface area contributed by atoms with Crippen LogP contribution in [-0.2, 0) is 0 Å². The van der Waals surface area contributed by atoms with Crippen molar-refractivity contribution in [3.63, 3.8) is 0 Å². The van der Waals surface area contributed by atoms with Crippen LogP contribution in [0, 0.1) is 5.92 Å². The molecule has 0 spiro atoms. The van der Waals surface area contributed by atoms with Crippen molar-refractivity contribution in [3.8, 4) is 0 Å². The minimum Gasteiger partial charge on any atom is -0.396 e. The monoisotopic (exact) mass is 316 g/mol. The number of carbonyl (C=O) groups excluding carboxylic acids is 1. The summed E-state index contributed by atoms with van der Waals surface area (Å²) < 4.78 is 2.85. The van der Waals surface area contributed by atoms with E-state index in [1.54, 1.807) is 0 Å². The first-order valence-corrected chi connectivity index (χ1v) is 7.01. The Morgan fingerprint density at radius 2 is 2.17 bits per heavy atom. The van der Waals surface area contributed by atoms with Crippen LogP contribution in [0.4, 0.5) is 0 Å². The molecule has 5 heteroatoms.